The van der Waals surface area contributed by atoms with E-state index >= 15 is 0 Å². The Kier molecular flexibility index (Phi) is 6.39. The highest BCUT2D eigenvalue weighted by Gasteiger charge is 2.25. The third-order valence-corrected chi connectivity index (χ3v) is 3.89. The van der Waals surface area contributed by atoms with E-state index in [1.54, 1.807) is 0 Å². The Morgan fingerprint density at radius 3 is 2.73 bits per heavy atom. The summed E-state index contributed by atoms with van der Waals surface area (Å²) in [4.78, 5) is 18.6. The Hall–Kier alpha value is -1.40. The maximum absolute atomic E-state index is 11.8. The molecule has 22 heavy (non-hydrogen) atoms. The van der Waals surface area contributed by atoms with Gasteiger partial charge in [-0.1, -0.05) is 0 Å². The van der Waals surface area contributed by atoms with E-state index in [2.05, 4.69) is 35.1 Å². The SMILES string of the molecule is C[C@@H]1CN(C2=CCC(NC(=O)CCCCN)C=N2)C[C@H](C)O1. The molecule has 0 aromatic carbocycles. The molecule has 6 nitrogen and oxygen atoms in total. The molecule has 2 aliphatic rings. The number of nitrogens with zero attached hydrogens (tertiary/aromatic N) is 2. The van der Waals surface area contributed by atoms with Gasteiger partial charge in [0.1, 0.15) is 5.82 Å². The number of morpholine rings is 1. The fraction of sp³-hybridized carbons (Fsp3) is 0.750. The van der Waals surface area contributed by atoms with Gasteiger partial charge in [-0.25, -0.2) is 4.99 Å². The smallest absolute Gasteiger partial charge is 0.220 e. The number of hydrogen-bond acceptors (Lipinski definition) is 5. The highest BCUT2D eigenvalue weighted by Crippen LogP contribution is 2.19. The Bertz CT molecular complexity index is 426. The molecule has 2 rings (SSSR count). The third kappa shape index (κ3) is 5.10. The summed E-state index contributed by atoms with van der Waals surface area (Å²) in [7, 11) is 0. The molecule has 3 atom stereocenters. The number of unbranched alkanes of at least 4 members (excludes halogenated alkanes) is 1. The summed E-state index contributed by atoms with van der Waals surface area (Å²) in [6.07, 6.45) is 7.47. The van der Waals surface area contributed by atoms with Gasteiger partial charge in [0.2, 0.25) is 5.91 Å². The number of carbonyl (C=O) groups excluding carboxylic acids is 1. The van der Waals surface area contributed by atoms with Crippen molar-refractivity contribution in [1.29, 1.82) is 0 Å². The monoisotopic (exact) mass is 308 g/mol. The highest BCUT2D eigenvalue weighted by atomic mass is 16.5. The van der Waals surface area contributed by atoms with Crippen molar-refractivity contribution in [3.63, 3.8) is 0 Å². The molecule has 1 unspecified atom stereocenters. The van der Waals surface area contributed by atoms with Crippen LogP contribution < -0.4 is 11.1 Å². The van der Waals surface area contributed by atoms with E-state index < -0.39 is 0 Å². The maximum atomic E-state index is 11.8. The van der Waals surface area contributed by atoms with Crippen LogP contribution in [-0.4, -0.2) is 54.9 Å². The van der Waals surface area contributed by atoms with Crippen LogP contribution in [0.2, 0.25) is 0 Å². The second-order valence-corrected chi connectivity index (χ2v) is 6.16. The van der Waals surface area contributed by atoms with E-state index in [4.69, 9.17) is 10.5 Å². The van der Waals surface area contributed by atoms with Gasteiger partial charge in [-0.2, -0.15) is 0 Å². The molecular formula is C16H28N4O2. The second-order valence-electron chi connectivity index (χ2n) is 6.16. The number of nitrogens with two attached hydrogens (primary N) is 1. The van der Waals surface area contributed by atoms with Gasteiger partial charge in [0, 0.05) is 25.7 Å². The zero-order chi connectivity index (χ0) is 15.9. The van der Waals surface area contributed by atoms with Crippen LogP contribution in [0.15, 0.2) is 16.9 Å². The largest absolute Gasteiger partial charge is 0.372 e. The molecule has 1 fully saturated rings. The fourth-order valence-electron chi connectivity index (χ4n) is 2.89. The van der Waals surface area contributed by atoms with Crippen molar-refractivity contribution in [3.05, 3.63) is 11.9 Å². The Labute approximate surface area is 132 Å². The molecule has 6 heteroatoms. The molecule has 0 radical (unpaired) electrons. The van der Waals surface area contributed by atoms with Crippen LogP contribution in [-0.2, 0) is 9.53 Å². The predicted molar refractivity (Wildman–Crippen MR) is 87.6 cm³/mol. The average molecular weight is 308 g/mol. The van der Waals surface area contributed by atoms with Gasteiger partial charge in [0.15, 0.2) is 0 Å². The van der Waals surface area contributed by atoms with Crippen molar-refractivity contribution < 1.29 is 9.53 Å². The summed E-state index contributed by atoms with van der Waals surface area (Å²) in [5.41, 5.74) is 5.43. The van der Waals surface area contributed by atoms with Crippen molar-refractivity contribution >= 4 is 12.1 Å². The van der Waals surface area contributed by atoms with E-state index in [0.717, 1.165) is 38.2 Å². The van der Waals surface area contributed by atoms with Crippen LogP contribution in [0.1, 0.15) is 39.5 Å². The molecule has 1 amide bonds. The Morgan fingerprint density at radius 2 is 2.14 bits per heavy atom. The summed E-state index contributed by atoms with van der Waals surface area (Å²) in [5, 5.41) is 3.00. The standard InChI is InChI=1S/C16H28N4O2/c1-12-10-20(11-13(2)22-12)15-7-6-14(9-18-15)19-16(21)5-3-4-8-17/h7,9,12-14H,3-6,8,10-11,17H2,1-2H3,(H,19,21)/t12-,13+,14?. The lowest BCUT2D eigenvalue weighted by Crippen LogP contribution is -2.45. The Morgan fingerprint density at radius 1 is 1.41 bits per heavy atom. The van der Waals surface area contributed by atoms with Gasteiger partial charge in [-0.05, 0) is 45.7 Å². The molecular weight excluding hydrogens is 280 g/mol. The lowest BCUT2D eigenvalue weighted by Gasteiger charge is -2.37. The van der Waals surface area contributed by atoms with Crippen LogP contribution in [0.5, 0.6) is 0 Å². The van der Waals surface area contributed by atoms with Gasteiger partial charge < -0.3 is 20.7 Å². The van der Waals surface area contributed by atoms with Crippen LogP contribution in [0, 0.1) is 0 Å². The van der Waals surface area contributed by atoms with Crippen molar-refractivity contribution in [2.75, 3.05) is 19.6 Å². The third-order valence-electron chi connectivity index (χ3n) is 3.89. The molecule has 0 aromatic heterocycles. The first-order chi connectivity index (χ1) is 10.6. The highest BCUT2D eigenvalue weighted by molar-refractivity contribution is 5.81. The summed E-state index contributed by atoms with van der Waals surface area (Å²) < 4.78 is 5.74. The first kappa shape index (κ1) is 17.0. The van der Waals surface area contributed by atoms with Crippen molar-refractivity contribution in [2.24, 2.45) is 10.7 Å². The van der Waals surface area contributed by atoms with E-state index in [1.807, 2.05) is 6.21 Å². The maximum Gasteiger partial charge on any atom is 0.220 e. The topological polar surface area (TPSA) is 80.0 Å². The van der Waals surface area contributed by atoms with Crippen molar-refractivity contribution in [2.45, 2.75) is 57.8 Å². The van der Waals surface area contributed by atoms with Crippen LogP contribution in [0.3, 0.4) is 0 Å². The fourth-order valence-corrected chi connectivity index (χ4v) is 2.89. The molecule has 0 saturated carbocycles. The zero-order valence-electron chi connectivity index (χ0n) is 13.6. The van der Waals surface area contributed by atoms with E-state index in [-0.39, 0.29) is 24.2 Å². The number of amides is 1. The summed E-state index contributed by atoms with van der Waals surface area (Å²) in [6, 6.07) is 0.00464. The first-order valence-corrected chi connectivity index (χ1v) is 8.22. The molecule has 0 bridgehead atoms. The minimum Gasteiger partial charge on any atom is -0.372 e. The zero-order valence-corrected chi connectivity index (χ0v) is 13.6. The minimum absolute atomic E-state index is 0.00464. The average Bonchev–Trinajstić information content (AvgIpc) is 2.47. The number of nitrogens with one attached hydrogen (secondary N) is 1. The molecule has 0 aromatic rings. The quantitative estimate of drug-likeness (QED) is 0.718. The van der Waals surface area contributed by atoms with Gasteiger partial charge in [0.05, 0.1) is 18.2 Å². The van der Waals surface area contributed by atoms with Crippen LogP contribution in [0.4, 0.5) is 0 Å². The van der Waals surface area contributed by atoms with Gasteiger partial charge in [0.25, 0.3) is 0 Å². The van der Waals surface area contributed by atoms with E-state index in [1.165, 1.54) is 0 Å². The van der Waals surface area contributed by atoms with Crippen LogP contribution >= 0.6 is 0 Å². The molecule has 124 valence electrons. The summed E-state index contributed by atoms with van der Waals surface area (Å²) in [6.45, 7) is 6.54. The Balaban J connectivity index is 1.78. The van der Waals surface area contributed by atoms with Crippen molar-refractivity contribution in [1.82, 2.24) is 10.2 Å². The molecule has 2 heterocycles. The first-order valence-electron chi connectivity index (χ1n) is 8.22. The molecule has 0 aliphatic carbocycles. The number of hydrogen-bond donors (Lipinski definition) is 2. The molecule has 3 N–H and O–H groups in total. The van der Waals surface area contributed by atoms with Gasteiger partial charge in [-0.3, -0.25) is 4.79 Å². The number of rotatable bonds is 6. The molecule has 2 aliphatic heterocycles. The van der Waals surface area contributed by atoms with Gasteiger partial charge in [-0.15, -0.1) is 0 Å². The summed E-state index contributed by atoms with van der Waals surface area (Å²) >= 11 is 0. The number of aliphatic imine (C=N–C) groups is 1. The van der Waals surface area contributed by atoms with Gasteiger partial charge >= 0.3 is 0 Å². The number of carbonyl (C=O) groups is 1. The van der Waals surface area contributed by atoms with E-state index in [9.17, 15) is 4.79 Å². The number of ether oxygens (including phenoxy) is 1. The molecule has 1 saturated heterocycles. The minimum atomic E-state index is 0.00464. The van der Waals surface area contributed by atoms with Crippen molar-refractivity contribution in [3.8, 4) is 0 Å². The normalized spacial score (nSPS) is 28.4. The second kappa shape index (κ2) is 8.29. The molecule has 0 spiro atoms. The summed E-state index contributed by atoms with van der Waals surface area (Å²) in [5.74, 6) is 1.07. The van der Waals surface area contributed by atoms with Crippen LogP contribution in [0.25, 0.3) is 0 Å². The lowest BCUT2D eigenvalue weighted by atomic mass is 10.1. The predicted octanol–water partition coefficient (Wildman–Crippen LogP) is 1.03. The lowest BCUT2D eigenvalue weighted by molar-refractivity contribution is -0.121. The van der Waals surface area contributed by atoms with E-state index in [0.29, 0.717) is 13.0 Å².